The lowest BCUT2D eigenvalue weighted by Crippen LogP contribution is -2.43. The number of rotatable bonds is 2. The average molecular weight is 191 g/mol. The van der Waals surface area contributed by atoms with E-state index in [0.29, 0.717) is 12.8 Å². The summed E-state index contributed by atoms with van der Waals surface area (Å²) >= 11 is 0. The summed E-state index contributed by atoms with van der Waals surface area (Å²) in [5.74, 6) is 0. The van der Waals surface area contributed by atoms with Crippen LogP contribution >= 0.6 is 0 Å². The van der Waals surface area contributed by atoms with E-state index in [1.807, 2.05) is 11.8 Å². The van der Waals surface area contributed by atoms with Crippen molar-refractivity contribution < 1.29 is 13.9 Å². The highest BCUT2D eigenvalue weighted by atomic mass is 19.3. The predicted molar refractivity (Wildman–Crippen MR) is 46.6 cm³/mol. The SMILES string of the molecule is CCC1(CO)CC(=C(F)F)CN1C. The van der Waals surface area contributed by atoms with Crippen LogP contribution in [0.25, 0.3) is 0 Å². The summed E-state index contributed by atoms with van der Waals surface area (Å²) in [5.41, 5.74) is -0.294. The van der Waals surface area contributed by atoms with Crippen LogP contribution in [0.2, 0.25) is 0 Å². The Morgan fingerprint density at radius 2 is 2.23 bits per heavy atom. The number of likely N-dealkylation sites (tertiary alicyclic amines) is 1. The summed E-state index contributed by atoms with van der Waals surface area (Å²) in [6, 6.07) is 0. The predicted octanol–water partition coefficient (Wildman–Crippen LogP) is 1.61. The molecule has 1 aliphatic heterocycles. The van der Waals surface area contributed by atoms with Crippen LogP contribution in [0.5, 0.6) is 0 Å². The van der Waals surface area contributed by atoms with Crippen LogP contribution in [0.15, 0.2) is 11.7 Å². The number of aliphatic hydroxyl groups is 1. The Labute approximate surface area is 76.8 Å². The van der Waals surface area contributed by atoms with Crippen LogP contribution in [-0.4, -0.2) is 35.7 Å². The lowest BCUT2D eigenvalue weighted by atomic mass is 9.93. The minimum absolute atomic E-state index is 0.0588. The number of halogens is 2. The van der Waals surface area contributed by atoms with Crippen LogP contribution in [-0.2, 0) is 0 Å². The quantitative estimate of drug-likeness (QED) is 0.716. The number of hydrogen-bond acceptors (Lipinski definition) is 2. The van der Waals surface area contributed by atoms with Crippen molar-refractivity contribution in [3.05, 3.63) is 11.7 Å². The largest absolute Gasteiger partial charge is 0.394 e. The molecule has 0 aromatic rings. The average Bonchev–Trinajstić information content (AvgIpc) is 2.44. The molecule has 1 heterocycles. The molecule has 0 spiro atoms. The number of likely N-dealkylation sites (N-methyl/N-ethyl adjacent to an activating group) is 1. The Hall–Kier alpha value is -0.480. The molecule has 1 aliphatic rings. The molecule has 0 saturated carbocycles. The lowest BCUT2D eigenvalue weighted by Gasteiger charge is -2.32. The summed E-state index contributed by atoms with van der Waals surface area (Å²) in [5, 5.41) is 9.18. The third-order valence-electron chi connectivity index (χ3n) is 3.00. The van der Waals surface area contributed by atoms with Gasteiger partial charge in [0.05, 0.1) is 6.61 Å². The van der Waals surface area contributed by atoms with Crippen LogP contribution in [0, 0.1) is 0 Å². The molecule has 0 aliphatic carbocycles. The first kappa shape index (κ1) is 10.6. The first-order valence-electron chi connectivity index (χ1n) is 4.41. The molecular formula is C9H15F2NO. The van der Waals surface area contributed by atoms with Crippen molar-refractivity contribution in [1.29, 1.82) is 0 Å². The summed E-state index contributed by atoms with van der Waals surface area (Å²) < 4.78 is 24.6. The highest BCUT2D eigenvalue weighted by Gasteiger charge is 2.40. The third-order valence-corrected chi connectivity index (χ3v) is 3.00. The molecule has 76 valence electrons. The van der Waals surface area contributed by atoms with Gasteiger partial charge in [0, 0.05) is 17.7 Å². The Balaban J connectivity index is 2.87. The fourth-order valence-electron chi connectivity index (χ4n) is 1.85. The molecule has 0 amide bonds. The minimum Gasteiger partial charge on any atom is -0.394 e. The van der Waals surface area contributed by atoms with Crippen molar-refractivity contribution in [1.82, 2.24) is 4.90 Å². The van der Waals surface area contributed by atoms with Gasteiger partial charge in [-0.15, -0.1) is 0 Å². The smallest absolute Gasteiger partial charge is 0.270 e. The summed E-state index contributed by atoms with van der Waals surface area (Å²) in [4.78, 5) is 1.81. The zero-order valence-corrected chi connectivity index (χ0v) is 7.98. The number of nitrogens with zero attached hydrogens (tertiary/aromatic N) is 1. The van der Waals surface area contributed by atoms with E-state index in [4.69, 9.17) is 0 Å². The maximum Gasteiger partial charge on any atom is 0.270 e. The van der Waals surface area contributed by atoms with Gasteiger partial charge in [0.25, 0.3) is 6.08 Å². The monoisotopic (exact) mass is 191 g/mol. The van der Waals surface area contributed by atoms with Crippen LogP contribution in [0.1, 0.15) is 19.8 Å². The van der Waals surface area contributed by atoms with Crippen molar-refractivity contribution in [2.45, 2.75) is 25.3 Å². The van der Waals surface area contributed by atoms with Gasteiger partial charge >= 0.3 is 0 Å². The molecule has 1 N–H and O–H groups in total. The van der Waals surface area contributed by atoms with E-state index in [0.717, 1.165) is 0 Å². The Morgan fingerprint density at radius 1 is 1.62 bits per heavy atom. The van der Waals surface area contributed by atoms with Gasteiger partial charge in [-0.2, -0.15) is 8.78 Å². The standard InChI is InChI=1S/C9H15F2NO/c1-3-9(6-13)4-7(8(10)11)5-12(9)2/h13H,3-6H2,1-2H3. The van der Waals surface area contributed by atoms with Gasteiger partial charge in [-0.25, -0.2) is 0 Å². The van der Waals surface area contributed by atoms with Gasteiger partial charge in [-0.3, -0.25) is 4.90 Å². The molecule has 4 heteroatoms. The van der Waals surface area contributed by atoms with Gasteiger partial charge in [0.15, 0.2) is 0 Å². The maximum atomic E-state index is 12.3. The van der Waals surface area contributed by atoms with Crippen molar-refractivity contribution >= 4 is 0 Å². The Morgan fingerprint density at radius 3 is 2.46 bits per heavy atom. The first-order chi connectivity index (χ1) is 6.05. The topological polar surface area (TPSA) is 23.5 Å². The molecule has 0 aromatic heterocycles. The van der Waals surface area contributed by atoms with Crippen molar-refractivity contribution in [2.75, 3.05) is 20.2 Å². The normalized spacial score (nSPS) is 29.8. The second-order valence-corrected chi connectivity index (χ2v) is 3.63. The van der Waals surface area contributed by atoms with Crippen molar-refractivity contribution in [2.24, 2.45) is 0 Å². The van der Waals surface area contributed by atoms with Gasteiger partial charge in [0.2, 0.25) is 0 Å². The lowest BCUT2D eigenvalue weighted by molar-refractivity contribution is 0.0805. The molecule has 1 saturated heterocycles. The highest BCUT2D eigenvalue weighted by molar-refractivity contribution is 5.18. The zero-order valence-electron chi connectivity index (χ0n) is 7.98. The molecule has 2 nitrogen and oxygen atoms in total. The van der Waals surface area contributed by atoms with E-state index >= 15 is 0 Å². The first-order valence-corrected chi connectivity index (χ1v) is 4.41. The van der Waals surface area contributed by atoms with Gasteiger partial charge in [-0.1, -0.05) is 6.92 Å². The molecule has 0 radical (unpaired) electrons. The van der Waals surface area contributed by atoms with Gasteiger partial charge < -0.3 is 5.11 Å². The zero-order chi connectivity index (χ0) is 10.1. The van der Waals surface area contributed by atoms with Crippen LogP contribution < -0.4 is 0 Å². The molecule has 1 unspecified atom stereocenters. The molecule has 0 bridgehead atoms. The molecule has 1 atom stereocenters. The minimum atomic E-state index is -1.59. The Kier molecular flexibility index (Phi) is 3.03. The van der Waals surface area contributed by atoms with E-state index in [1.165, 1.54) is 0 Å². The fraction of sp³-hybridized carbons (Fsp3) is 0.778. The van der Waals surface area contributed by atoms with E-state index < -0.39 is 11.6 Å². The summed E-state index contributed by atoms with van der Waals surface area (Å²) in [6.45, 7) is 2.12. The number of aliphatic hydroxyl groups excluding tert-OH is 1. The van der Waals surface area contributed by atoms with E-state index in [1.54, 1.807) is 7.05 Å². The van der Waals surface area contributed by atoms with Gasteiger partial charge in [-0.05, 0) is 19.9 Å². The van der Waals surface area contributed by atoms with Crippen LogP contribution in [0.4, 0.5) is 8.78 Å². The maximum absolute atomic E-state index is 12.3. The van der Waals surface area contributed by atoms with Gasteiger partial charge in [0.1, 0.15) is 0 Å². The molecular weight excluding hydrogens is 176 g/mol. The summed E-state index contributed by atoms with van der Waals surface area (Å²) in [6.07, 6.45) is -0.606. The Bertz CT molecular complexity index is 220. The van der Waals surface area contributed by atoms with E-state index in [-0.39, 0.29) is 18.7 Å². The molecule has 0 aromatic carbocycles. The van der Waals surface area contributed by atoms with E-state index in [9.17, 15) is 13.9 Å². The highest BCUT2D eigenvalue weighted by Crippen LogP contribution is 2.35. The summed E-state index contributed by atoms with van der Waals surface area (Å²) in [7, 11) is 1.77. The molecule has 13 heavy (non-hydrogen) atoms. The third kappa shape index (κ3) is 1.74. The number of hydrogen-bond donors (Lipinski definition) is 1. The van der Waals surface area contributed by atoms with Crippen LogP contribution in [0.3, 0.4) is 0 Å². The second-order valence-electron chi connectivity index (χ2n) is 3.63. The fourth-order valence-corrected chi connectivity index (χ4v) is 1.85. The second kappa shape index (κ2) is 3.72. The van der Waals surface area contributed by atoms with Crippen molar-refractivity contribution in [3.63, 3.8) is 0 Å². The molecule has 1 fully saturated rings. The van der Waals surface area contributed by atoms with E-state index in [2.05, 4.69) is 0 Å². The van der Waals surface area contributed by atoms with Crippen molar-refractivity contribution in [3.8, 4) is 0 Å². The molecule has 1 rings (SSSR count).